The Hall–Kier alpha value is -4.05. The number of carbonyl (C=O) groups is 4. The van der Waals surface area contributed by atoms with Crippen molar-refractivity contribution in [3.8, 4) is 11.8 Å². The molecule has 52 heavy (non-hydrogen) atoms. The van der Waals surface area contributed by atoms with Crippen LogP contribution in [0.1, 0.15) is 60.1 Å². The fourth-order valence-electron chi connectivity index (χ4n) is 5.77. The molecule has 1 aromatic carbocycles. The van der Waals surface area contributed by atoms with Crippen molar-refractivity contribution in [1.82, 2.24) is 25.6 Å². The van der Waals surface area contributed by atoms with Gasteiger partial charge in [0.1, 0.15) is 18.3 Å². The summed E-state index contributed by atoms with van der Waals surface area (Å²) in [7, 11) is 0. The summed E-state index contributed by atoms with van der Waals surface area (Å²) in [4.78, 5) is 46.8. The number of carbonyl (C=O) groups excluding carboxylic acids is 3. The molecule has 0 radical (unpaired) electrons. The summed E-state index contributed by atoms with van der Waals surface area (Å²) in [6.07, 6.45) is 5.49. The second-order valence-electron chi connectivity index (χ2n) is 12.5. The first-order valence-corrected chi connectivity index (χ1v) is 18.5. The highest BCUT2D eigenvalue weighted by Gasteiger charge is 2.42. The standard InChI is InChI=1S/C35H49N7O9S/c36-28-18-24(7-8-26(28)31(43)20-29(37)35(46)47)4-3-11-51-22-25-21-42(41-40-25)10-13-49-15-17-50-16-14-48-12-9-38-33(44)6-2-1-5-32-27-19-34(45)39-30(27)23-52-32/h7-8,18,21,27,29-30,32H,1-2,5-6,9-17,19-20,22-23,36-37H2,(H,38,44)(H,39,45)(H,46,47)/t27-,29-,30-,32-/m0/s1. The van der Waals surface area contributed by atoms with Gasteiger partial charge in [-0.3, -0.25) is 19.2 Å². The molecule has 2 aliphatic rings. The van der Waals surface area contributed by atoms with Gasteiger partial charge in [-0.05, 0) is 31.0 Å². The maximum absolute atomic E-state index is 12.2. The van der Waals surface area contributed by atoms with E-state index in [2.05, 4.69) is 32.8 Å². The van der Waals surface area contributed by atoms with E-state index in [1.807, 2.05) is 11.8 Å². The molecule has 0 saturated carbocycles. The summed E-state index contributed by atoms with van der Waals surface area (Å²) in [5.74, 6) is 5.76. The normalized spacial score (nSPS) is 18.3. The molecule has 1 aromatic heterocycles. The molecule has 2 saturated heterocycles. The highest BCUT2D eigenvalue weighted by Crippen LogP contribution is 2.40. The summed E-state index contributed by atoms with van der Waals surface area (Å²) in [5, 5.41) is 23.5. The Labute approximate surface area is 307 Å². The van der Waals surface area contributed by atoms with Crippen LogP contribution in [0.15, 0.2) is 24.4 Å². The monoisotopic (exact) mass is 743 g/mol. The minimum atomic E-state index is -1.29. The van der Waals surface area contributed by atoms with Crippen molar-refractivity contribution < 1.29 is 43.2 Å². The fraction of sp³-hybridized carbons (Fsp3) is 0.600. The molecule has 16 nitrogen and oxygen atoms in total. The molecule has 2 fully saturated rings. The molecular weight excluding hydrogens is 694 g/mol. The number of hydrogen-bond donors (Lipinski definition) is 5. The molecule has 7 N–H and O–H groups in total. The summed E-state index contributed by atoms with van der Waals surface area (Å²) in [6.45, 7) is 3.94. The molecule has 0 unspecified atom stereocenters. The molecule has 4 atom stereocenters. The van der Waals surface area contributed by atoms with Crippen molar-refractivity contribution in [3.63, 3.8) is 0 Å². The van der Waals surface area contributed by atoms with Gasteiger partial charge in [0, 0.05) is 65.6 Å². The van der Waals surface area contributed by atoms with Crippen LogP contribution in [-0.2, 0) is 46.5 Å². The Bertz CT molecular complexity index is 1550. The highest BCUT2D eigenvalue weighted by molar-refractivity contribution is 8.00. The van der Waals surface area contributed by atoms with E-state index in [-0.39, 0.29) is 42.7 Å². The minimum Gasteiger partial charge on any atom is -0.480 e. The van der Waals surface area contributed by atoms with E-state index in [9.17, 15) is 19.2 Å². The predicted octanol–water partition coefficient (Wildman–Crippen LogP) is 0.760. The average molecular weight is 744 g/mol. The van der Waals surface area contributed by atoms with Crippen molar-refractivity contribution in [3.05, 3.63) is 41.2 Å². The van der Waals surface area contributed by atoms with Crippen LogP contribution < -0.4 is 22.1 Å². The molecule has 0 aliphatic carbocycles. The Morgan fingerprint density at radius 1 is 1.10 bits per heavy atom. The molecule has 17 heteroatoms. The lowest BCUT2D eigenvalue weighted by Gasteiger charge is -2.15. The van der Waals surface area contributed by atoms with Gasteiger partial charge < -0.3 is 46.2 Å². The molecule has 4 rings (SSSR count). The van der Waals surface area contributed by atoms with Crippen molar-refractivity contribution in [2.75, 3.05) is 64.3 Å². The number of benzene rings is 1. The lowest BCUT2D eigenvalue weighted by Crippen LogP contribution is -2.32. The number of unbranched alkanes of at least 4 members (excludes halogenated alkanes) is 1. The molecule has 0 bridgehead atoms. The number of thioether (sulfide) groups is 1. The van der Waals surface area contributed by atoms with Gasteiger partial charge in [0.25, 0.3) is 0 Å². The maximum Gasteiger partial charge on any atom is 0.320 e. The zero-order valence-corrected chi connectivity index (χ0v) is 30.1. The number of hydrogen-bond acceptors (Lipinski definition) is 13. The van der Waals surface area contributed by atoms with Gasteiger partial charge in [0.05, 0.1) is 59.0 Å². The van der Waals surface area contributed by atoms with Crippen LogP contribution in [0.5, 0.6) is 0 Å². The number of fused-ring (bicyclic) bond motifs is 1. The van der Waals surface area contributed by atoms with Crippen LogP contribution in [0.4, 0.5) is 5.69 Å². The number of nitrogen functional groups attached to an aromatic ring is 1. The van der Waals surface area contributed by atoms with Crippen molar-refractivity contribution in [2.45, 2.75) is 69.0 Å². The van der Waals surface area contributed by atoms with Gasteiger partial charge >= 0.3 is 5.97 Å². The largest absolute Gasteiger partial charge is 0.480 e. The number of carboxylic acid groups (broad SMARTS) is 1. The van der Waals surface area contributed by atoms with Crippen LogP contribution in [0.2, 0.25) is 0 Å². The van der Waals surface area contributed by atoms with Gasteiger partial charge in [-0.2, -0.15) is 11.8 Å². The maximum atomic E-state index is 12.2. The van der Waals surface area contributed by atoms with Crippen LogP contribution in [0.25, 0.3) is 0 Å². The predicted molar refractivity (Wildman–Crippen MR) is 192 cm³/mol. The van der Waals surface area contributed by atoms with Crippen LogP contribution in [0, 0.1) is 17.8 Å². The van der Waals surface area contributed by atoms with Crippen molar-refractivity contribution in [1.29, 1.82) is 0 Å². The van der Waals surface area contributed by atoms with E-state index >= 15 is 0 Å². The van der Waals surface area contributed by atoms with Gasteiger partial charge in [0.15, 0.2) is 5.78 Å². The number of ketones is 1. The van der Waals surface area contributed by atoms with E-state index in [0.29, 0.717) is 94.0 Å². The Balaban J connectivity index is 0.927. The Morgan fingerprint density at radius 3 is 2.63 bits per heavy atom. The smallest absolute Gasteiger partial charge is 0.320 e. The zero-order chi connectivity index (χ0) is 37.1. The third kappa shape index (κ3) is 14.2. The van der Waals surface area contributed by atoms with Gasteiger partial charge in [-0.15, -0.1) is 5.10 Å². The number of aliphatic carboxylic acids is 1. The lowest BCUT2D eigenvalue weighted by molar-refractivity contribution is -0.138. The summed E-state index contributed by atoms with van der Waals surface area (Å²) in [5.41, 5.74) is 13.0. The summed E-state index contributed by atoms with van der Waals surface area (Å²) in [6, 6.07) is 3.72. The summed E-state index contributed by atoms with van der Waals surface area (Å²) >= 11 is 1.95. The molecular formula is C35H49N7O9S. The third-order valence-electron chi connectivity index (χ3n) is 8.49. The van der Waals surface area contributed by atoms with E-state index in [0.717, 1.165) is 25.0 Å². The van der Waals surface area contributed by atoms with E-state index < -0.39 is 17.8 Å². The van der Waals surface area contributed by atoms with E-state index in [4.69, 9.17) is 35.5 Å². The number of amides is 2. The quantitative estimate of drug-likeness (QED) is 0.0433. The number of anilines is 1. The number of nitrogens with zero attached hydrogens (tertiary/aromatic N) is 3. The second-order valence-corrected chi connectivity index (χ2v) is 13.8. The fourth-order valence-corrected chi connectivity index (χ4v) is 7.42. The van der Waals surface area contributed by atoms with E-state index in [1.54, 1.807) is 23.0 Å². The SMILES string of the molecule is Nc1cc(C#CCOCc2cn(CCOCCOCCOCCNC(=O)CCCC[C@@H]3SC[C@@H]4NC(=O)C[C@@H]43)nn2)ccc1C(=O)C[C@H](N)C(=O)O. The third-order valence-corrected chi connectivity index (χ3v) is 10.1. The first-order chi connectivity index (χ1) is 25.2. The van der Waals surface area contributed by atoms with Crippen LogP contribution >= 0.6 is 11.8 Å². The molecule has 284 valence electrons. The topological polar surface area (TPSA) is 232 Å². The number of nitrogens with one attached hydrogen (secondary N) is 2. The zero-order valence-electron chi connectivity index (χ0n) is 29.3. The summed E-state index contributed by atoms with van der Waals surface area (Å²) < 4.78 is 23.9. The van der Waals surface area contributed by atoms with Gasteiger partial charge in [-0.25, -0.2) is 4.68 Å². The molecule has 2 aliphatic heterocycles. The average Bonchev–Trinajstić information content (AvgIpc) is 3.83. The Morgan fingerprint density at radius 2 is 1.87 bits per heavy atom. The number of ether oxygens (including phenoxy) is 4. The number of nitrogens with two attached hydrogens (primary N) is 2. The van der Waals surface area contributed by atoms with Gasteiger partial charge in [-0.1, -0.05) is 23.5 Å². The first kappa shape index (κ1) is 40.7. The van der Waals surface area contributed by atoms with Crippen LogP contribution in [-0.4, -0.2) is 120 Å². The second kappa shape index (κ2) is 22.1. The molecule has 0 spiro atoms. The minimum absolute atomic E-state index is 0.0388. The molecule has 3 heterocycles. The van der Waals surface area contributed by atoms with Crippen molar-refractivity contribution in [2.24, 2.45) is 11.7 Å². The molecule has 2 amide bonds. The molecule has 2 aromatic rings. The highest BCUT2D eigenvalue weighted by atomic mass is 32.2. The van der Waals surface area contributed by atoms with Crippen LogP contribution in [0.3, 0.4) is 0 Å². The number of carboxylic acids is 1. The van der Waals surface area contributed by atoms with E-state index in [1.165, 1.54) is 6.07 Å². The first-order valence-electron chi connectivity index (χ1n) is 17.5. The van der Waals surface area contributed by atoms with Crippen molar-refractivity contribution >= 4 is 41.0 Å². The van der Waals surface area contributed by atoms with Gasteiger partial charge in [0.2, 0.25) is 11.8 Å². The number of Topliss-reactive ketones (excluding diaryl/α,β-unsaturated/α-hetero) is 1. The Kier molecular flexibility index (Phi) is 17.3. The number of aromatic nitrogens is 3. The lowest BCUT2D eigenvalue weighted by atomic mass is 9.94. The number of rotatable bonds is 24.